The van der Waals surface area contributed by atoms with E-state index in [9.17, 15) is 5.11 Å². The van der Waals surface area contributed by atoms with Crippen LogP contribution in [-0.4, -0.2) is 34.6 Å². The molecule has 0 saturated carbocycles. The molecule has 1 aromatic rings. The lowest BCUT2D eigenvalue weighted by atomic mass is 9.99. The third kappa shape index (κ3) is 1.87. The summed E-state index contributed by atoms with van der Waals surface area (Å²) in [6.07, 6.45) is 2.21. The van der Waals surface area contributed by atoms with Crippen LogP contribution in [0, 0.1) is 12.8 Å². The Bertz CT molecular complexity index is 374. The Morgan fingerprint density at radius 1 is 1.56 bits per heavy atom. The fourth-order valence-electron chi connectivity index (χ4n) is 2.44. The first-order valence-corrected chi connectivity index (χ1v) is 5.78. The number of hydrogen-bond donors (Lipinski definition) is 2. The molecule has 0 radical (unpaired) electrons. The van der Waals surface area contributed by atoms with E-state index in [1.165, 1.54) is 0 Å². The highest BCUT2D eigenvalue weighted by Gasteiger charge is 2.24. The normalized spacial score (nSPS) is 21.4. The maximum Gasteiger partial charge on any atom is 0.150 e. The standard InChI is InChI=1S/C11H20N4O/c1-8-10(12)11(14(2)13-8)15-5-3-4-9(6-15)7-16/h9,16H,3-7,12H2,1-2H3. The first-order chi connectivity index (χ1) is 7.63. The number of aryl methyl sites for hydroxylation is 2. The summed E-state index contributed by atoms with van der Waals surface area (Å²) < 4.78 is 1.84. The number of anilines is 2. The van der Waals surface area contributed by atoms with Gasteiger partial charge in [-0.15, -0.1) is 0 Å². The maximum atomic E-state index is 9.22. The monoisotopic (exact) mass is 224 g/mol. The smallest absolute Gasteiger partial charge is 0.150 e. The number of aromatic nitrogens is 2. The molecule has 0 aliphatic carbocycles. The Balaban J connectivity index is 2.23. The van der Waals surface area contributed by atoms with E-state index in [4.69, 9.17) is 5.73 Å². The van der Waals surface area contributed by atoms with Gasteiger partial charge in [0, 0.05) is 26.7 Å². The van der Waals surface area contributed by atoms with Gasteiger partial charge in [-0.3, -0.25) is 4.68 Å². The van der Waals surface area contributed by atoms with Crippen LogP contribution in [0.1, 0.15) is 18.5 Å². The molecular formula is C11H20N4O. The molecule has 0 spiro atoms. The highest BCUT2D eigenvalue weighted by atomic mass is 16.3. The number of rotatable bonds is 2. The molecular weight excluding hydrogens is 204 g/mol. The second kappa shape index (κ2) is 4.33. The van der Waals surface area contributed by atoms with Crippen LogP contribution in [0.15, 0.2) is 0 Å². The van der Waals surface area contributed by atoms with E-state index in [0.29, 0.717) is 5.92 Å². The zero-order chi connectivity index (χ0) is 11.7. The van der Waals surface area contributed by atoms with Crippen LogP contribution in [-0.2, 0) is 7.05 Å². The van der Waals surface area contributed by atoms with Gasteiger partial charge < -0.3 is 15.7 Å². The Hall–Kier alpha value is -1.23. The number of nitrogens with zero attached hydrogens (tertiary/aromatic N) is 3. The summed E-state index contributed by atoms with van der Waals surface area (Å²) in [7, 11) is 1.92. The molecule has 90 valence electrons. The van der Waals surface area contributed by atoms with Crippen molar-refractivity contribution in [1.29, 1.82) is 0 Å². The number of nitrogen functional groups attached to an aromatic ring is 1. The third-order valence-electron chi connectivity index (χ3n) is 3.31. The second-order valence-electron chi connectivity index (χ2n) is 4.58. The molecule has 5 heteroatoms. The van der Waals surface area contributed by atoms with Crippen LogP contribution < -0.4 is 10.6 Å². The van der Waals surface area contributed by atoms with E-state index in [1.54, 1.807) is 0 Å². The SMILES string of the molecule is Cc1nn(C)c(N2CCCC(CO)C2)c1N. The first kappa shape index (κ1) is 11.3. The molecule has 1 aliphatic heterocycles. The minimum Gasteiger partial charge on any atom is -0.396 e. The van der Waals surface area contributed by atoms with E-state index >= 15 is 0 Å². The van der Waals surface area contributed by atoms with Crippen molar-refractivity contribution in [3.8, 4) is 0 Å². The van der Waals surface area contributed by atoms with Crippen molar-refractivity contribution >= 4 is 11.5 Å². The van der Waals surface area contributed by atoms with Gasteiger partial charge in [0.25, 0.3) is 0 Å². The van der Waals surface area contributed by atoms with E-state index < -0.39 is 0 Å². The van der Waals surface area contributed by atoms with E-state index in [1.807, 2.05) is 18.7 Å². The quantitative estimate of drug-likeness (QED) is 0.768. The van der Waals surface area contributed by atoms with Crippen molar-refractivity contribution in [2.75, 3.05) is 30.3 Å². The van der Waals surface area contributed by atoms with Crippen LogP contribution in [0.3, 0.4) is 0 Å². The van der Waals surface area contributed by atoms with Crippen LogP contribution in [0.2, 0.25) is 0 Å². The molecule has 0 aromatic carbocycles. The van der Waals surface area contributed by atoms with E-state index in [-0.39, 0.29) is 6.61 Å². The summed E-state index contributed by atoms with van der Waals surface area (Å²) in [5.74, 6) is 1.36. The molecule has 2 rings (SSSR count). The van der Waals surface area contributed by atoms with Gasteiger partial charge in [0.05, 0.1) is 11.4 Å². The van der Waals surface area contributed by atoms with E-state index in [2.05, 4.69) is 10.00 Å². The molecule has 1 unspecified atom stereocenters. The van der Waals surface area contributed by atoms with Crippen molar-refractivity contribution in [1.82, 2.24) is 9.78 Å². The number of piperidine rings is 1. The number of aliphatic hydroxyl groups excluding tert-OH is 1. The van der Waals surface area contributed by atoms with Gasteiger partial charge in [0.15, 0.2) is 0 Å². The van der Waals surface area contributed by atoms with Gasteiger partial charge in [-0.05, 0) is 25.7 Å². The Labute approximate surface area is 95.8 Å². The van der Waals surface area contributed by atoms with Gasteiger partial charge in [-0.2, -0.15) is 5.10 Å². The largest absolute Gasteiger partial charge is 0.396 e. The lowest BCUT2D eigenvalue weighted by molar-refractivity contribution is 0.208. The zero-order valence-electron chi connectivity index (χ0n) is 9.98. The predicted molar refractivity (Wildman–Crippen MR) is 64.4 cm³/mol. The summed E-state index contributed by atoms with van der Waals surface area (Å²) in [6, 6.07) is 0. The Kier molecular flexibility index (Phi) is 3.05. The Morgan fingerprint density at radius 2 is 2.31 bits per heavy atom. The van der Waals surface area contributed by atoms with Crippen molar-refractivity contribution in [2.24, 2.45) is 13.0 Å². The molecule has 5 nitrogen and oxygen atoms in total. The van der Waals surface area contributed by atoms with Gasteiger partial charge >= 0.3 is 0 Å². The van der Waals surface area contributed by atoms with Crippen molar-refractivity contribution < 1.29 is 5.11 Å². The summed E-state index contributed by atoms with van der Waals surface area (Å²) in [6.45, 7) is 4.05. The number of nitrogens with two attached hydrogens (primary N) is 1. The van der Waals surface area contributed by atoms with Crippen LogP contribution in [0.5, 0.6) is 0 Å². The third-order valence-corrected chi connectivity index (χ3v) is 3.31. The highest BCUT2D eigenvalue weighted by molar-refractivity contribution is 5.66. The highest BCUT2D eigenvalue weighted by Crippen LogP contribution is 2.29. The second-order valence-corrected chi connectivity index (χ2v) is 4.58. The molecule has 1 saturated heterocycles. The lowest BCUT2D eigenvalue weighted by Crippen LogP contribution is -2.38. The average molecular weight is 224 g/mol. The molecule has 2 heterocycles. The number of hydrogen-bond acceptors (Lipinski definition) is 4. The van der Waals surface area contributed by atoms with Crippen LogP contribution >= 0.6 is 0 Å². The minimum atomic E-state index is 0.257. The van der Waals surface area contributed by atoms with Crippen LogP contribution in [0.25, 0.3) is 0 Å². The Morgan fingerprint density at radius 3 is 2.88 bits per heavy atom. The molecule has 1 fully saturated rings. The van der Waals surface area contributed by atoms with Crippen molar-refractivity contribution in [3.05, 3.63) is 5.69 Å². The van der Waals surface area contributed by atoms with Gasteiger partial charge in [0.1, 0.15) is 5.82 Å². The lowest BCUT2D eigenvalue weighted by Gasteiger charge is -2.33. The maximum absolute atomic E-state index is 9.22. The zero-order valence-corrected chi connectivity index (χ0v) is 9.98. The molecule has 3 N–H and O–H groups in total. The minimum absolute atomic E-state index is 0.257. The fourth-order valence-corrected chi connectivity index (χ4v) is 2.44. The molecule has 16 heavy (non-hydrogen) atoms. The van der Waals surface area contributed by atoms with Gasteiger partial charge in [-0.1, -0.05) is 0 Å². The summed E-state index contributed by atoms with van der Waals surface area (Å²) in [5, 5.41) is 13.5. The molecule has 1 aliphatic rings. The fraction of sp³-hybridized carbons (Fsp3) is 0.727. The summed E-state index contributed by atoms with van der Waals surface area (Å²) in [5.41, 5.74) is 7.68. The molecule has 0 bridgehead atoms. The summed E-state index contributed by atoms with van der Waals surface area (Å²) in [4.78, 5) is 2.24. The topological polar surface area (TPSA) is 67.3 Å². The molecule has 0 amide bonds. The van der Waals surface area contributed by atoms with Crippen molar-refractivity contribution in [3.63, 3.8) is 0 Å². The van der Waals surface area contributed by atoms with Gasteiger partial charge in [-0.25, -0.2) is 0 Å². The molecule has 1 aromatic heterocycles. The predicted octanol–water partition coefficient (Wildman–Crippen LogP) is 0.519. The summed E-state index contributed by atoms with van der Waals surface area (Å²) >= 11 is 0. The van der Waals surface area contributed by atoms with Crippen LogP contribution in [0.4, 0.5) is 11.5 Å². The molecule has 1 atom stereocenters. The number of aliphatic hydroxyl groups is 1. The van der Waals surface area contributed by atoms with E-state index in [0.717, 1.165) is 43.1 Å². The van der Waals surface area contributed by atoms with Gasteiger partial charge in [0.2, 0.25) is 0 Å². The van der Waals surface area contributed by atoms with Crippen molar-refractivity contribution in [2.45, 2.75) is 19.8 Å². The average Bonchev–Trinajstić information content (AvgIpc) is 2.53. The first-order valence-electron chi connectivity index (χ1n) is 5.78.